The lowest BCUT2D eigenvalue weighted by Crippen LogP contribution is -2.63. The van der Waals surface area contributed by atoms with Crippen molar-refractivity contribution in [3.05, 3.63) is 10.1 Å². The third kappa shape index (κ3) is 2.18. The van der Waals surface area contributed by atoms with E-state index in [-0.39, 0.29) is 0 Å². The molecule has 0 fully saturated rings. The quantitative estimate of drug-likeness (QED) is 0.331. The summed E-state index contributed by atoms with van der Waals surface area (Å²) in [5.41, 5.74) is -5.25. The molecule has 0 bridgehead atoms. The number of carboxylic acid groups (broad SMARTS) is 1. The fraction of sp³-hybridized carbons (Fsp3) is 0.800. The van der Waals surface area contributed by atoms with Gasteiger partial charge in [-0.25, -0.2) is 0 Å². The topological polar surface area (TPSA) is 101 Å². The van der Waals surface area contributed by atoms with E-state index in [2.05, 4.69) is 0 Å². The minimum atomic E-state index is -6.16. The molecule has 1 atom stereocenters. The Morgan fingerprint density at radius 3 is 1.81 bits per heavy atom. The lowest BCUT2D eigenvalue weighted by molar-refractivity contribution is -0.680. The standard InChI is InChI=1S/C5H4F5NO5/c6-4(7,8)3(14,1-2(12)13)5(9,10)11(15)16/h14H,1H2,(H,12,13). The van der Waals surface area contributed by atoms with E-state index >= 15 is 0 Å². The van der Waals surface area contributed by atoms with E-state index in [1.165, 1.54) is 0 Å². The number of rotatable bonds is 4. The zero-order valence-corrected chi connectivity index (χ0v) is 7.16. The smallest absolute Gasteiger partial charge is 0.481 e. The lowest BCUT2D eigenvalue weighted by atomic mass is 9.96. The third-order valence-corrected chi connectivity index (χ3v) is 1.60. The molecule has 94 valence electrons. The average Bonchev–Trinajstić information content (AvgIpc) is 1.99. The lowest BCUT2D eigenvalue weighted by Gasteiger charge is -2.29. The minimum absolute atomic E-state index is 2.46. The highest BCUT2D eigenvalue weighted by Gasteiger charge is 2.78. The Labute approximate surface area is 83.4 Å². The van der Waals surface area contributed by atoms with Crippen LogP contribution in [0.2, 0.25) is 0 Å². The van der Waals surface area contributed by atoms with Crippen molar-refractivity contribution in [2.75, 3.05) is 0 Å². The summed E-state index contributed by atoms with van der Waals surface area (Å²) in [6, 6.07) is -5.86. The predicted octanol–water partition coefficient (Wildman–Crippen LogP) is 0.624. The Bertz CT molecular complexity index is 315. The van der Waals surface area contributed by atoms with E-state index in [1.54, 1.807) is 0 Å². The van der Waals surface area contributed by atoms with Gasteiger partial charge in [-0.2, -0.15) is 13.2 Å². The van der Waals surface area contributed by atoms with Gasteiger partial charge in [0.05, 0.1) is 11.3 Å². The van der Waals surface area contributed by atoms with Gasteiger partial charge in [0, 0.05) is 0 Å². The van der Waals surface area contributed by atoms with Gasteiger partial charge in [-0.1, -0.05) is 0 Å². The Morgan fingerprint density at radius 2 is 1.62 bits per heavy atom. The molecule has 0 aromatic heterocycles. The molecule has 1 unspecified atom stereocenters. The van der Waals surface area contributed by atoms with Crippen LogP contribution in [0.15, 0.2) is 0 Å². The molecule has 0 aromatic rings. The predicted molar refractivity (Wildman–Crippen MR) is 35.2 cm³/mol. The molecule has 11 heteroatoms. The van der Waals surface area contributed by atoms with Gasteiger partial charge >= 0.3 is 23.8 Å². The molecule has 0 aliphatic rings. The number of hydrogen-bond acceptors (Lipinski definition) is 4. The van der Waals surface area contributed by atoms with Crippen LogP contribution in [0.3, 0.4) is 0 Å². The van der Waals surface area contributed by atoms with Crippen LogP contribution in [0.4, 0.5) is 22.0 Å². The molecular weight excluding hydrogens is 249 g/mol. The van der Waals surface area contributed by atoms with E-state index in [0.717, 1.165) is 0 Å². The Kier molecular flexibility index (Phi) is 3.45. The highest BCUT2D eigenvalue weighted by Crippen LogP contribution is 2.44. The molecular formula is C5H4F5NO5. The van der Waals surface area contributed by atoms with Crippen molar-refractivity contribution in [2.45, 2.75) is 24.2 Å². The van der Waals surface area contributed by atoms with Crippen LogP contribution in [-0.4, -0.2) is 38.9 Å². The van der Waals surface area contributed by atoms with Gasteiger partial charge in [0.15, 0.2) is 0 Å². The molecule has 0 radical (unpaired) electrons. The molecule has 16 heavy (non-hydrogen) atoms. The van der Waals surface area contributed by atoms with E-state index in [9.17, 15) is 36.9 Å². The number of hydrogen-bond donors (Lipinski definition) is 2. The van der Waals surface area contributed by atoms with Gasteiger partial charge in [0.25, 0.3) is 0 Å². The van der Waals surface area contributed by atoms with Crippen LogP contribution < -0.4 is 0 Å². The number of alkyl halides is 5. The Morgan fingerprint density at radius 1 is 1.25 bits per heavy atom. The molecule has 6 nitrogen and oxygen atoms in total. The number of nitrogens with zero attached hydrogens (tertiary/aromatic N) is 1. The van der Waals surface area contributed by atoms with Crippen molar-refractivity contribution < 1.29 is 41.9 Å². The SMILES string of the molecule is O=C(O)CC(O)(C(F)(F)F)C(F)(F)[N+](=O)[O-]. The summed E-state index contributed by atoms with van der Waals surface area (Å²) in [6.07, 6.45) is -8.70. The molecule has 2 N–H and O–H groups in total. The molecule has 0 aromatic carbocycles. The van der Waals surface area contributed by atoms with Gasteiger partial charge in [-0.15, -0.1) is 8.78 Å². The molecule has 0 saturated carbocycles. The minimum Gasteiger partial charge on any atom is -0.481 e. The second kappa shape index (κ2) is 3.81. The van der Waals surface area contributed by atoms with Gasteiger partial charge < -0.3 is 10.2 Å². The van der Waals surface area contributed by atoms with Crippen LogP contribution >= 0.6 is 0 Å². The molecule has 0 aliphatic carbocycles. The first-order valence-corrected chi connectivity index (χ1v) is 3.39. The van der Waals surface area contributed by atoms with Crippen molar-refractivity contribution in [2.24, 2.45) is 0 Å². The van der Waals surface area contributed by atoms with Crippen LogP contribution in [0.5, 0.6) is 0 Å². The monoisotopic (exact) mass is 253 g/mol. The van der Waals surface area contributed by atoms with E-state index in [1.807, 2.05) is 0 Å². The normalized spacial score (nSPS) is 16.6. The first kappa shape index (κ1) is 14.5. The summed E-state index contributed by atoms with van der Waals surface area (Å²) >= 11 is 0. The highest BCUT2D eigenvalue weighted by atomic mass is 19.4. The number of halogens is 5. The maximum absolute atomic E-state index is 12.5. The molecule has 0 saturated heterocycles. The summed E-state index contributed by atoms with van der Waals surface area (Å²) in [4.78, 5) is 16.9. The second-order valence-corrected chi connectivity index (χ2v) is 2.73. The summed E-state index contributed by atoms with van der Waals surface area (Å²) in [7, 11) is 0. The molecule has 0 aliphatic heterocycles. The first-order chi connectivity index (χ1) is 6.86. The third-order valence-electron chi connectivity index (χ3n) is 1.60. The van der Waals surface area contributed by atoms with Crippen molar-refractivity contribution in [3.8, 4) is 0 Å². The maximum Gasteiger partial charge on any atom is 0.549 e. The molecule has 0 rings (SSSR count). The Balaban J connectivity index is 5.59. The maximum atomic E-state index is 12.5. The van der Waals surface area contributed by atoms with Gasteiger partial charge in [0.1, 0.15) is 0 Å². The van der Waals surface area contributed by atoms with Gasteiger partial charge in [-0.3, -0.25) is 14.9 Å². The number of carbonyl (C=O) groups is 1. The summed E-state index contributed by atoms with van der Waals surface area (Å²) < 4.78 is 61.1. The largest absolute Gasteiger partial charge is 0.549 e. The first-order valence-electron chi connectivity index (χ1n) is 3.39. The van der Waals surface area contributed by atoms with Crippen LogP contribution in [0.25, 0.3) is 0 Å². The van der Waals surface area contributed by atoms with Crippen LogP contribution in [-0.2, 0) is 4.79 Å². The molecule has 0 amide bonds. The fourth-order valence-electron chi connectivity index (χ4n) is 0.747. The zero-order chi connectivity index (χ0) is 13.4. The van der Waals surface area contributed by atoms with Crippen molar-refractivity contribution in [3.63, 3.8) is 0 Å². The highest BCUT2D eigenvalue weighted by molar-refractivity contribution is 5.68. The number of nitro groups is 1. The number of aliphatic hydroxyl groups is 1. The van der Waals surface area contributed by atoms with Crippen LogP contribution in [0, 0.1) is 10.1 Å². The van der Waals surface area contributed by atoms with Crippen molar-refractivity contribution in [1.29, 1.82) is 0 Å². The van der Waals surface area contributed by atoms with Crippen LogP contribution in [0.1, 0.15) is 6.42 Å². The second-order valence-electron chi connectivity index (χ2n) is 2.73. The van der Waals surface area contributed by atoms with Gasteiger partial charge in [0.2, 0.25) is 0 Å². The number of carboxylic acids is 1. The molecule has 0 spiro atoms. The van der Waals surface area contributed by atoms with Gasteiger partial charge in [-0.05, 0) is 0 Å². The van der Waals surface area contributed by atoms with Crippen molar-refractivity contribution >= 4 is 5.97 Å². The fourth-order valence-corrected chi connectivity index (χ4v) is 0.747. The molecule has 0 heterocycles. The number of aliphatic carboxylic acids is 1. The van der Waals surface area contributed by atoms with Crippen molar-refractivity contribution in [1.82, 2.24) is 0 Å². The summed E-state index contributed by atoms with van der Waals surface area (Å²) in [5.74, 6) is -2.46. The van der Waals surface area contributed by atoms with E-state index in [0.29, 0.717) is 0 Å². The zero-order valence-electron chi connectivity index (χ0n) is 7.16. The van der Waals surface area contributed by atoms with E-state index in [4.69, 9.17) is 10.2 Å². The average molecular weight is 253 g/mol. The summed E-state index contributed by atoms with van der Waals surface area (Å²) in [6.45, 7) is 0. The Hall–Kier alpha value is -1.52. The summed E-state index contributed by atoms with van der Waals surface area (Å²) in [5, 5.41) is 26.2. The van der Waals surface area contributed by atoms with E-state index < -0.39 is 35.1 Å².